The van der Waals surface area contributed by atoms with Crippen LogP contribution < -0.4 is 4.74 Å². The molecule has 0 amide bonds. The third kappa shape index (κ3) is 4.47. The zero-order valence-electron chi connectivity index (χ0n) is 13.9. The van der Waals surface area contributed by atoms with Gasteiger partial charge in [0, 0.05) is 12.6 Å². The summed E-state index contributed by atoms with van der Waals surface area (Å²) in [5, 5.41) is 4.39. The molecule has 3 rings (SSSR count). The summed E-state index contributed by atoms with van der Waals surface area (Å²) >= 11 is 0. The fourth-order valence-electron chi connectivity index (χ4n) is 2.26. The minimum atomic E-state index is -1.36. The normalized spacial score (nSPS) is 17.6. The fraction of sp³-hybridized carbons (Fsp3) is 0.389. The predicted octanol–water partition coefficient (Wildman–Crippen LogP) is 3.27. The molecule has 1 aliphatic rings. The zero-order chi connectivity index (χ0) is 16.3. The van der Waals surface area contributed by atoms with Gasteiger partial charge in [0.2, 0.25) is 0 Å². The Kier molecular flexibility index (Phi) is 4.55. The molecular weight excluding hydrogens is 304 g/mol. The minimum Gasteiger partial charge on any atom is -0.488 e. The Balaban J connectivity index is 1.69. The lowest BCUT2D eigenvalue weighted by atomic mass is 10.3. The standard InChI is InChI=1S/C18H22N2O2Si/c1-23(2,3)11-9-15-12-19-20(13-15)16-4-6-17(7-5-16)22-18-8-10-21-14-18/h4-7,12-13,18H,8,10,14H2,1-3H3/t18-/m0/s1. The fourth-order valence-corrected chi connectivity index (χ4v) is 2.78. The van der Waals surface area contributed by atoms with Gasteiger partial charge >= 0.3 is 0 Å². The van der Waals surface area contributed by atoms with E-state index >= 15 is 0 Å². The van der Waals surface area contributed by atoms with Crippen LogP contribution in [0.4, 0.5) is 0 Å². The molecule has 0 bridgehead atoms. The van der Waals surface area contributed by atoms with E-state index in [0.29, 0.717) is 6.61 Å². The first kappa shape index (κ1) is 15.8. The maximum absolute atomic E-state index is 5.87. The van der Waals surface area contributed by atoms with Gasteiger partial charge in [-0.3, -0.25) is 0 Å². The molecule has 0 radical (unpaired) electrons. The van der Waals surface area contributed by atoms with Gasteiger partial charge in [-0.05, 0) is 24.3 Å². The van der Waals surface area contributed by atoms with E-state index in [-0.39, 0.29) is 6.10 Å². The van der Waals surface area contributed by atoms with E-state index in [2.05, 4.69) is 36.2 Å². The van der Waals surface area contributed by atoms with Crippen LogP contribution in [0.5, 0.6) is 5.75 Å². The van der Waals surface area contributed by atoms with E-state index in [9.17, 15) is 0 Å². The van der Waals surface area contributed by atoms with Crippen LogP contribution in [0.25, 0.3) is 5.69 Å². The van der Waals surface area contributed by atoms with Crippen molar-refractivity contribution in [2.24, 2.45) is 0 Å². The van der Waals surface area contributed by atoms with Crippen LogP contribution >= 0.6 is 0 Å². The second-order valence-corrected chi connectivity index (χ2v) is 11.5. The highest BCUT2D eigenvalue weighted by Crippen LogP contribution is 2.19. The number of nitrogens with zero attached hydrogens (tertiary/aromatic N) is 2. The predicted molar refractivity (Wildman–Crippen MR) is 93.6 cm³/mol. The van der Waals surface area contributed by atoms with Crippen molar-refractivity contribution in [3.05, 3.63) is 42.2 Å². The number of hydrogen-bond donors (Lipinski definition) is 0. The quantitative estimate of drug-likeness (QED) is 0.641. The van der Waals surface area contributed by atoms with Crippen LogP contribution in [0.2, 0.25) is 19.6 Å². The zero-order valence-corrected chi connectivity index (χ0v) is 14.9. The molecule has 0 N–H and O–H groups in total. The maximum atomic E-state index is 5.87. The van der Waals surface area contributed by atoms with Crippen LogP contribution in [0.1, 0.15) is 12.0 Å². The average Bonchev–Trinajstić information content (AvgIpc) is 3.17. The highest BCUT2D eigenvalue weighted by Gasteiger charge is 2.17. The minimum absolute atomic E-state index is 0.175. The third-order valence-corrected chi connectivity index (χ3v) is 4.33. The van der Waals surface area contributed by atoms with Gasteiger partial charge in [0.05, 0.1) is 30.7 Å². The first-order chi connectivity index (χ1) is 11.0. The third-order valence-electron chi connectivity index (χ3n) is 3.46. The van der Waals surface area contributed by atoms with Gasteiger partial charge in [-0.1, -0.05) is 25.6 Å². The van der Waals surface area contributed by atoms with Crippen LogP contribution in [0.15, 0.2) is 36.7 Å². The number of benzene rings is 1. The summed E-state index contributed by atoms with van der Waals surface area (Å²) < 4.78 is 13.0. The van der Waals surface area contributed by atoms with Crippen molar-refractivity contribution < 1.29 is 9.47 Å². The number of rotatable bonds is 3. The number of hydrogen-bond acceptors (Lipinski definition) is 3. The molecule has 1 atom stereocenters. The molecule has 0 unspecified atom stereocenters. The Morgan fingerprint density at radius 3 is 2.70 bits per heavy atom. The van der Waals surface area contributed by atoms with Crippen LogP contribution in [0.3, 0.4) is 0 Å². The number of aromatic nitrogens is 2. The van der Waals surface area contributed by atoms with Gasteiger partial charge in [-0.2, -0.15) is 5.10 Å². The Hall–Kier alpha value is -2.03. The summed E-state index contributed by atoms with van der Waals surface area (Å²) in [7, 11) is -1.36. The largest absolute Gasteiger partial charge is 0.488 e. The summed E-state index contributed by atoms with van der Waals surface area (Å²) in [6.07, 6.45) is 4.91. The Morgan fingerprint density at radius 2 is 2.04 bits per heavy atom. The van der Waals surface area contributed by atoms with E-state index < -0.39 is 8.07 Å². The van der Waals surface area contributed by atoms with Gasteiger partial charge in [-0.15, -0.1) is 5.54 Å². The molecule has 2 aromatic rings. The van der Waals surface area contributed by atoms with E-state index in [1.807, 2.05) is 41.3 Å². The monoisotopic (exact) mass is 326 g/mol. The molecule has 120 valence electrons. The lowest BCUT2D eigenvalue weighted by Crippen LogP contribution is -2.16. The topological polar surface area (TPSA) is 36.3 Å². The molecule has 23 heavy (non-hydrogen) atoms. The first-order valence-corrected chi connectivity index (χ1v) is 11.4. The van der Waals surface area contributed by atoms with Gasteiger partial charge in [0.15, 0.2) is 0 Å². The highest BCUT2D eigenvalue weighted by molar-refractivity contribution is 6.83. The maximum Gasteiger partial charge on any atom is 0.129 e. The van der Waals surface area contributed by atoms with Gasteiger partial charge in [-0.25, -0.2) is 4.68 Å². The average molecular weight is 326 g/mol. The van der Waals surface area contributed by atoms with E-state index in [1.54, 1.807) is 0 Å². The number of ether oxygens (including phenoxy) is 2. The van der Waals surface area contributed by atoms with Gasteiger partial charge < -0.3 is 9.47 Å². The molecule has 1 aliphatic heterocycles. The van der Waals surface area contributed by atoms with E-state index in [1.165, 1.54) is 0 Å². The van der Waals surface area contributed by atoms with Crippen molar-refractivity contribution in [1.29, 1.82) is 0 Å². The van der Waals surface area contributed by atoms with Gasteiger partial charge in [0.1, 0.15) is 19.9 Å². The summed E-state index contributed by atoms with van der Waals surface area (Å²) in [5.74, 6) is 4.09. The molecule has 0 spiro atoms. The lowest BCUT2D eigenvalue weighted by Gasteiger charge is -2.12. The first-order valence-electron chi connectivity index (χ1n) is 7.92. The van der Waals surface area contributed by atoms with Crippen LogP contribution in [-0.2, 0) is 4.74 Å². The lowest BCUT2D eigenvalue weighted by molar-refractivity contribution is 0.141. The Morgan fingerprint density at radius 1 is 1.26 bits per heavy atom. The molecule has 4 nitrogen and oxygen atoms in total. The molecule has 2 heterocycles. The second-order valence-electron chi connectivity index (χ2n) is 6.77. The van der Waals surface area contributed by atoms with E-state index in [4.69, 9.17) is 9.47 Å². The molecule has 0 aliphatic carbocycles. The van der Waals surface area contributed by atoms with Crippen molar-refractivity contribution >= 4 is 8.07 Å². The Bertz CT molecular complexity index is 714. The second kappa shape index (κ2) is 6.61. The van der Waals surface area contributed by atoms with Crippen LogP contribution in [-0.4, -0.2) is 37.2 Å². The molecule has 1 aromatic heterocycles. The molecule has 1 aromatic carbocycles. The van der Waals surface area contributed by atoms with Crippen molar-refractivity contribution in [2.75, 3.05) is 13.2 Å². The molecule has 1 fully saturated rings. The summed E-state index contributed by atoms with van der Waals surface area (Å²) in [4.78, 5) is 0. The van der Waals surface area contributed by atoms with Crippen molar-refractivity contribution in [3.8, 4) is 22.9 Å². The van der Waals surface area contributed by atoms with Crippen molar-refractivity contribution in [1.82, 2.24) is 9.78 Å². The van der Waals surface area contributed by atoms with Crippen LogP contribution in [0, 0.1) is 11.5 Å². The highest BCUT2D eigenvalue weighted by atomic mass is 28.3. The van der Waals surface area contributed by atoms with Crippen molar-refractivity contribution in [3.63, 3.8) is 0 Å². The molecule has 0 saturated carbocycles. The van der Waals surface area contributed by atoms with E-state index in [0.717, 1.165) is 30.0 Å². The SMILES string of the molecule is C[Si](C)(C)C#Cc1cnn(-c2ccc(O[C@H]3CCOC3)cc2)c1. The summed E-state index contributed by atoms with van der Waals surface area (Å²) in [5.41, 5.74) is 5.31. The summed E-state index contributed by atoms with van der Waals surface area (Å²) in [6.45, 7) is 8.17. The molecular formula is C18H22N2O2Si. The molecule has 1 saturated heterocycles. The Labute approximate surface area is 138 Å². The van der Waals surface area contributed by atoms with Crippen molar-refractivity contribution in [2.45, 2.75) is 32.2 Å². The van der Waals surface area contributed by atoms with Gasteiger partial charge in [0.25, 0.3) is 0 Å². The summed E-state index contributed by atoms with van der Waals surface area (Å²) in [6, 6.07) is 7.97. The smallest absolute Gasteiger partial charge is 0.129 e. The molecule has 5 heteroatoms.